The number of aromatic nitrogens is 8. The second kappa shape index (κ2) is 51.4. The van der Waals surface area contributed by atoms with Crippen molar-refractivity contribution in [1.82, 2.24) is 81.2 Å². The standard InChI is InChI=1S/3C27H38N4O3S.C19H24N4O3S.C8H14O.CH4/c3*1-5-35(33,34)24-11-10-23(28-15-24)14-30-27(32)21-12-22-17-31(16-20-8-6-19(4)7-9-20)26(18(2)3)25(22)29-13-21;1-4-27(25,26)16-6-5-15(20-11-16)10-23-19(24)14-7-13-8-21-17(12(2)3)18(13)22-9-14;1-7-2-4-8(6-9)5-3-7;/h3*10-13,15,18-20,26H,5-9,14,16-17H2,1-4H3,(H,30,32);5-7,9,11-12,17,21H,4,8,10H2,1-3H3,(H,23,24);6-8H,2-5H2,1H3;1H4/t3*19?,20?,26-;17-;;/m0000../s1. The number of nitrogens with zero attached hydrogens (tertiary/aromatic N) is 11. The Hall–Kier alpha value is -9.61. The summed E-state index contributed by atoms with van der Waals surface area (Å²) in [7, 11) is -13.1. The van der Waals surface area contributed by atoms with Crippen LogP contribution in [0.5, 0.6) is 0 Å². The molecule has 0 radical (unpaired) electrons. The Morgan fingerprint density at radius 3 is 0.817 bits per heavy atom. The van der Waals surface area contributed by atoms with E-state index in [9.17, 15) is 57.6 Å². The molecule has 0 spiro atoms. The Bertz CT molecular complexity index is 5590. The molecule has 774 valence electrons. The summed E-state index contributed by atoms with van der Waals surface area (Å²) in [5.74, 6) is 7.14. The van der Waals surface area contributed by atoms with Crippen LogP contribution in [0.15, 0.2) is 142 Å². The molecule has 8 aromatic rings. The molecule has 4 aliphatic carbocycles. The molecule has 0 bridgehead atoms. The summed E-state index contributed by atoms with van der Waals surface area (Å²) in [6, 6.07) is 21.6. The second-order valence-electron chi connectivity index (χ2n) is 41.8. The van der Waals surface area contributed by atoms with Gasteiger partial charge in [-0.15, -0.1) is 0 Å². The maximum atomic E-state index is 12.8. The molecule has 142 heavy (non-hydrogen) atoms. The van der Waals surface area contributed by atoms with E-state index in [0.717, 1.165) is 145 Å². The first-order valence-electron chi connectivity index (χ1n) is 51.4. The highest BCUT2D eigenvalue weighted by Gasteiger charge is 2.41. The van der Waals surface area contributed by atoms with Crippen molar-refractivity contribution in [3.05, 3.63) is 212 Å². The molecule has 0 saturated heterocycles. The molecule has 5 N–H and O–H groups in total. The Kier molecular flexibility index (Phi) is 40.8. The Labute approximate surface area is 845 Å². The number of amides is 4. The van der Waals surface area contributed by atoms with E-state index in [1.165, 1.54) is 139 Å². The maximum Gasteiger partial charge on any atom is 0.253 e. The topological polar surface area (TPSA) is 395 Å². The van der Waals surface area contributed by atoms with Gasteiger partial charge >= 0.3 is 0 Å². The van der Waals surface area contributed by atoms with E-state index in [1.54, 1.807) is 76.7 Å². The first-order valence-corrected chi connectivity index (χ1v) is 58.0. The zero-order valence-corrected chi connectivity index (χ0v) is 88.9. The third-order valence-corrected chi connectivity index (χ3v) is 36.4. The molecule has 16 rings (SSSR count). The largest absolute Gasteiger partial charge is 0.346 e. The minimum absolute atomic E-state index is 0. The second-order valence-corrected chi connectivity index (χ2v) is 51.0. The van der Waals surface area contributed by atoms with Crippen LogP contribution >= 0.6 is 0 Å². The number of hydrogen-bond acceptors (Lipinski definition) is 25. The van der Waals surface area contributed by atoms with Crippen molar-refractivity contribution in [2.24, 2.45) is 71.0 Å². The first kappa shape index (κ1) is 113. The molecule has 0 aromatic carbocycles. The van der Waals surface area contributed by atoms with Crippen LogP contribution in [-0.4, -0.2) is 161 Å². The summed E-state index contributed by atoms with van der Waals surface area (Å²) >= 11 is 0. The van der Waals surface area contributed by atoms with Gasteiger partial charge in [-0.05, 0) is 212 Å². The van der Waals surface area contributed by atoms with E-state index in [1.807, 2.05) is 24.3 Å². The molecule has 29 nitrogen and oxygen atoms in total. The minimum Gasteiger partial charge on any atom is -0.346 e. The fraction of sp³-hybridized carbons (Fsp3) is 0.587. The van der Waals surface area contributed by atoms with E-state index in [4.69, 9.17) is 15.0 Å². The monoisotopic (exact) mass is 2030 g/mol. The SMILES string of the molecule is C.CC1CCC(C=O)CC1.CCS(=O)(=O)c1ccc(CNC(=O)c2cnc3c(c2)CN(CC2CCC(C)CC2)[C@H]3C(C)C)nc1.CCS(=O)(=O)c1ccc(CNC(=O)c2cnc3c(c2)CN(CC2CCC(C)CC2)[C@H]3C(C)C)nc1.CCS(=O)(=O)c1ccc(CNC(=O)c2cnc3c(c2)CN(CC2CCC(C)CC2)[C@H]3C(C)C)nc1.CCS(=O)(=O)c1ccc(CNC(=O)c2cnc3c(c2)CN[C@H]3C(C)C)nc1. The fourth-order valence-electron chi connectivity index (χ4n) is 20.8. The van der Waals surface area contributed by atoms with Crippen LogP contribution in [0, 0.1) is 71.0 Å². The number of nitrogens with one attached hydrogen (secondary N) is 5. The van der Waals surface area contributed by atoms with Gasteiger partial charge in [0.1, 0.15) is 6.29 Å². The average molecular weight is 2030 g/mol. The zero-order chi connectivity index (χ0) is 102. The van der Waals surface area contributed by atoms with Gasteiger partial charge < -0.3 is 31.4 Å². The summed E-state index contributed by atoms with van der Waals surface area (Å²) in [5, 5.41) is 14.9. The van der Waals surface area contributed by atoms with Crippen LogP contribution in [0.2, 0.25) is 0 Å². The van der Waals surface area contributed by atoms with E-state index in [0.29, 0.717) is 99.3 Å². The molecule has 33 heteroatoms. The number of fused-ring (bicyclic) bond motifs is 4. The van der Waals surface area contributed by atoms with Crippen molar-refractivity contribution in [2.75, 3.05) is 42.6 Å². The summed E-state index contributed by atoms with van der Waals surface area (Å²) in [6.45, 7) is 41.0. The summed E-state index contributed by atoms with van der Waals surface area (Å²) < 4.78 is 95.3. The predicted molar refractivity (Wildman–Crippen MR) is 555 cm³/mol. The van der Waals surface area contributed by atoms with Gasteiger partial charge in [0.2, 0.25) is 0 Å². The highest BCUT2D eigenvalue weighted by atomic mass is 32.2. The van der Waals surface area contributed by atoms with Crippen molar-refractivity contribution < 1.29 is 57.6 Å². The third kappa shape index (κ3) is 30.1. The molecule has 4 atom stereocenters. The van der Waals surface area contributed by atoms with Crippen LogP contribution in [0.25, 0.3) is 0 Å². The smallest absolute Gasteiger partial charge is 0.253 e. The lowest BCUT2D eigenvalue weighted by molar-refractivity contribution is -0.112. The quantitative estimate of drug-likeness (QED) is 0.0252. The lowest BCUT2D eigenvalue weighted by atomic mass is 9.82. The number of hydrogen-bond donors (Lipinski definition) is 5. The number of carbonyl (C=O) groups excluding carboxylic acids is 5. The molecule has 4 fully saturated rings. The molecule has 4 aliphatic heterocycles. The van der Waals surface area contributed by atoms with Crippen molar-refractivity contribution in [2.45, 2.75) is 317 Å². The summed E-state index contributed by atoms with van der Waals surface area (Å²) in [6.07, 6.45) is 33.7. The van der Waals surface area contributed by atoms with E-state index in [2.05, 4.69) is 149 Å². The molecule has 0 unspecified atom stereocenters. The van der Waals surface area contributed by atoms with Crippen molar-refractivity contribution >= 4 is 69.3 Å². The van der Waals surface area contributed by atoms with Gasteiger partial charge in [0.15, 0.2) is 39.3 Å². The van der Waals surface area contributed by atoms with Crippen molar-refractivity contribution in [1.29, 1.82) is 0 Å². The number of carbonyl (C=O) groups is 5. The number of sulfone groups is 4. The van der Waals surface area contributed by atoms with Gasteiger partial charge in [0, 0.05) is 101 Å². The van der Waals surface area contributed by atoms with E-state index >= 15 is 0 Å². The first-order chi connectivity index (χ1) is 67.2. The van der Waals surface area contributed by atoms with Gasteiger partial charge in [0.05, 0.1) is 161 Å². The zero-order valence-electron chi connectivity index (χ0n) is 85.6. The van der Waals surface area contributed by atoms with E-state index < -0.39 is 39.3 Å². The van der Waals surface area contributed by atoms with Crippen LogP contribution in [-0.2, 0) is 96.5 Å². The number of aldehydes is 1. The summed E-state index contributed by atoms with van der Waals surface area (Å²) in [5.41, 5.74) is 13.4. The van der Waals surface area contributed by atoms with Crippen LogP contribution < -0.4 is 26.6 Å². The van der Waals surface area contributed by atoms with Gasteiger partial charge in [-0.1, -0.05) is 170 Å². The Morgan fingerprint density at radius 2 is 0.592 bits per heavy atom. The third-order valence-electron chi connectivity index (χ3n) is 29.6. The maximum absolute atomic E-state index is 12.8. The van der Waals surface area contributed by atoms with Gasteiger partial charge in [0.25, 0.3) is 23.6 Å². The molecular formula is C109H156N16O13S4. The van der Waals surface area contributed by atoms with Gasteiger partial charge in [-0.3, -0.25) is 73.7 Å². The summed E-state index contributed by atoms with van der Waals surface area (Å²) in [4.78, 5) is 105. The average Bonchev–Trinajstić information content (AvgIpc) is 1.64. The molecule has 4 amide bonds. The van der Waals surface area contributed by atoms with Crippen LogP contribution in [0.1, 0.15) is 354 Å². The van der Waals surface area contributed by atoms with Crippen LogP contribution in [0.4, 0.5) is 0 Å². The molecule has 8 aliphatic rings. The Balaban J connectivity index is 0.000000175. The van der Waals surface area contributed by atoms with Crippen molar-refractivity contribution in [3.63, 3.8) is 0 Å². The minimum atomic E-state index is -3.28. The highest BCUT2D eigenvalue weighted by molar-refractivity contribution is 7.92. The number of pyridine rings is 8. The fourth-order valence-corrected chi connectivity index (χ4v) is 24.1. The van der Waals surface area contributed by atoms with Crippen LogP contribution in [0.3, 0.4) is 0 Å². The molecular weight excluding hydrogens is 1870 g/mol. The lowest BCUT2D eigenvalue weighted by Gasteiger charge is -2.34. The lowest BCUT2D eigenvalue weighted by Crippen LogP contribution is -2.32. The normalized spacial score (nSPS) is 22.3. The van der Waals surface area contributed by atoms with E-state index in [-0.39, 0.29) is 106 Å². The molecule has 12 heterocycles. The van der Waals surface area contributed by atoms with Crippen molar-refractivity contribution in [3.8, 4) is 0 Å². The Morgan fingerprint density at radius 1 is 0.345 bits per heavy atom. The van der Waals surface area contributed by atoms with Gasteiger partial charge in [-0.25, -0.2) is 33.7 Å². The van der Waals surface area contributed by atoms with Gasteiger partial charge in [-0.2, -0.15) is 0 Å². The highest BCUT2D eigenvalue weighted by Crippen LogP contribution is 2.45. The predicted octanol–water partition coefficient (Wildman–Crippen LogP) is 18.3. The number of rotatable bonds is 31. The molecule has 8 aromatic heterocycles. The molecule has 4 saturated carbocycles.